The molecule has 0 fully saturated rings. The Morgan fingerprint density at radius 3 is 2.71 bits per heavy atom. The van der Waals surface area contributed by atoms with Crippen molar-refractivity contribution in [2.75, 3.05) is 0 Å². The first kappa shape index (κ1) is 11.0. The van der Waals surface area contributed by atoms with E-state index in [2.05, 4.69) is 21.9 Å². The Hall–Kier alpha value is -1.04. The van der Waals surface area contributed by atoms with Gasteiger partial charge in [-0.05, 0) is 11.6 Å². The molecular formula is C12H11BrO. The van der Waals surface area contributed by atoms with Gasteiger partial charge in [0.15, 0.2) is 0 Å². The van der Waals surface area contributed by atoms with Crippen LogP contribution in [-0.2, 0) is 0 Å². The molecule has 2 heteroatoms. The van der Waals surface area contributed by atoms with Crippen molar-refractivity contribution in [1.82, 2.24) is 0 Å². The first-order chi connectivity index (χ1) is 6.74. The topological polar surface area (TPSA) is 20.2 Å². The summed E-state index contributed by atoms with van der Waals surface area (Å²) in [5.74, 6) is 2.41. The highest BCUT2D eigenvalue weighted by Gasteiger charge is 2.05. The lowest BCUT2D eigenvalue weighted by molar-refractivity contribution is 0.227. The zero-order chi connectivity index (χ0) is 10.4. The second-order valence-electron chi connectivity index (χ2n) is 2.86. The molecule has 0 radical (unpaired) electrons. The molecule has 0 saturated carbocycles. The van der Waals surface area contributed by atoms with Crippen molar-refractivity contribution in [3.63, 3.8) is 0 Å². The van der Waals surface area contributed by atoms with Gasteiger partial charge in [-0.2, -0.15) is 0 Å². The molecule has 1 aromatic carbocycles. The predicted octanol–water partition coefficient (Wildman–Crippen LogP) is 2.81. The van der Waals surface area contributed by atoms with Crippen LogP contribution in [0, 0.1) is 12.3 Å². The monoisotopic (exact) mass is 250 g/mol. The van der Waals surface area contributed by atoms with Crippen molar-refractivity contribution in [3.05, 3.63) is 40.4 Å². The molecule has 0 aliphatic heterocycles. The summed E-state index contributed by atoms with van der Waals surface area (Å²) < 4.78 is 0.710. The number of halogens is 1. The number of benzene rings is 1. The number of hydrogen-bond acceptors (Lipinski definition) is 1. The van der Waals surface area contributed by atoms with Crippen LogP contribution in [0.3, 0.4) is 0 Å². The maximum atomic E-state index is 9.52. The smallest absolute Gasteiger partial charge is 0.0963 e. The average molecular weight is 251 g/mol. The van der Waals surface area contributed by atoms with E-state index >= 15 is 0 Å². The normalized spacial score (nSPS) is 13.4. The number of hydrogen-bond donors (Lipinski definition) is 1. The molecule has 0 bridgehead atoms. The Kier molecular flexibility index (Phi) is 4.45. The Labute approximate surface area is 92.6 Å². The van der Waals surface area contributed by atoms with Crippen LogP contribution in [-0.4, -0.2) is 11.2 Å². The second kappa shape index (κ2) is 5.64. The molecule has 1 aromatic rings. The van der Waals surface area contributed by atoms with Crippen molar-refractivity contribution < 1.29 is 5.11 Å². The first-order valence-corrected chi connectivity index (χ1v) is 5.07. The van der Waals surface area contributed by atoms with Crippen LogP contribution in [0.1, 0.15) is 12.0 Å². The molecule has 0 aromatic heterocycles. The number of aliphatic hydroxyl groups excluding tert-OH is 1. The molecule has 14 heavy (non-hydrogen) atoms. The standard InChI is InChI=1S/C12H11BrO/c1-2-6-12(14)11(13)9-10-7-4-3-5-8-10/h1,3-5,7-9,12,14H,6H2/b11-9-/t12-/m1/s1. The van der Waals surface area contributed by atoms with E-state index in [9.17, 15) is 5.11 Å². The SMILES string of the molecule is C#CC[C@@H](O)/C(Br)=C/c1ccccc1. The summed E-state index contributed by atoms with van der Waals surface area (Å²) in [6, 6.07) is 9.76. The molecule has 1 rings (SSSR count). The fraction of sp³-hybridized carbons (Fsp3) is 0.167. The van der Waals surface area contributed by atoms with Gasteiger partial charge in [0.05, 0.1) is 6.10 Å². The molecule has 0 heterocycles. The van der Waals surface area contributed by atoms with E-state index < -0.39 is 6.10 Å². The summed E-state index contributed by atoms with van der Waals surface area (Å²) >= 11 is 3.30. The molecule has 0 amide bonds. The van der Waals surface area contributed by atoms with E-state index in [1.54, 1.807) is 0 Å². The number of terminal acetylenes is 1. The van der Waals surface area contributed by atoms with Crippen LogP contribution in [0.2, 0.25) is 0 Å². The number of aliphatic hydroxyl groups is 1. The van der Waals surface area contributed by atoms with Crippen LogP contribution >= 0.6 is 15.9 Å². The third kappa shape index (κ3) is 3.37. The average Bonchev–Trinajstić information content (AvgIpc) is 2.19. The molecule has 0 aliphatic carbocycles. The summed E-state index contributed by atoms with van der Waals surface area (Å²) in [5.41, 5.74) is 1.04. The van der Waals surface area contributed by atoms with Gasteiger partial charge in [0, 0.05) is 10.9 Å². The van der Waals surface area contributed by atoms with E-state index in [1.807, 2.05) is 36.4 Å². The van der Waals surface area contributed by atoms with Crippen molar-refractivity contribution in [2.45, 2.75) is 12.5 Å². The molecule has 1 nitrogen and oxygen atoms in total. The Balaban J connectivity index is 2.74. The van der Waals surface area contributed by atoms with Gasteiger partial charge >= 0.3 is 0 Å². The van der Waals surface area contributed by atoms with Gasteiger partial charge in [0.25, 0.3) is 0 Å². The van der Waals surface area contributed by atoms with Crippen LogP contribution in [0.4, 0.5) is 0 Å². The zero-order valence-corrected chi connectivity index (χ0v) is 9.24. The minimum atomic E-state index is -0.611. The Morgan fingerprint density at radius 1 is 1.50 bits per heavy atom. The van der Waals surface area contributed by atoms with E-state index in [4.69, 9.17) is 6.42 Å². The maximum absolute atomic E-state index is 9.52. The van der Waals surface area contributed by atoms with E-state index in [0.29, 0.717) is 10.9 Å². The van der Waals surface area contributed by atoms with Crippen molar-refractivity contribution in [3.8, 4) is 12.3 Å². The molecule has 0 unspecified atom stereocenters. The minimum Gasteiger partial charge on any atom is -0.387 e. The summed E-state index contributed by atoms with van der Waals surface area (Å²) in [7, 11) is 0. The summed E-state index contributed by atoms with van der Waals surface area (Å²) in [4.78, 5) is 0. The van der Waals surface area contributed by atoms with Gasteiger partial charge < -0.3 is 5.11 Å². The lowest BCUT2D eigenvalue weighted by atomic mass is 10.1. The highest BCUT2D eigenvalue weighted by atomic mass is 79.9. The second-order valence-corrected chi connectivity index (χ2v) is 3.78. The van der Waals surface area contributed by atoms with Gasteiger partial charge in [-0.15, -0.1) is 12.3 Å². The van der Waals surface area contributed by atoms with Gasteiger partial charge in [-0.25, -0.2) is 0 Å². The molecule has 72 valence electrons. The van der Waals surface area contributed by atoms with Crippen LogP contribution in [0.15, 0.2) is 34.8 Å². The van der Waals surface area contributed by atoms with Gasteiger partial charge in [-0.1, -0.05) is 46.3 Å². The minimum absolute atomic E-state index is 0.323. The zero-order valence-electron chi connectivity index (χ0n) is 7.65. The Morgan fingerprint density at radius 2 is 2.14 bits per heavy atom. The lowest BCUT2D eigenvalue weighted by Crippen LogP contribution is -2.04. The van der Waals surface area contributed by atoms with Gasteiger partial charge in [0.2, 0.25) is 0 Å². The highest BCUT2D eigenvalue weighted by molar-refractivity contribution is 9.11. The molecule has 0 aliphatic rings. The van der Waals surface area contributed by atoms with E-state index in [1.165, 1.54) is 0 Å². The van der Waals surface area contributed by atoms with Crippen molar-refractivity contribution in [1.29, 1.82) is 0 Å². The fourth-order valence-electron chi connectivity index (χ4n) is 1.01. The molecule has 1 atom stereocenters. The Bertz CT molecular complexity index is 348. The summed E-state index contributed by atoms with van der Waals surface area (Å²) in [5, 5.41) is 9.52. The summed E-state index contributed by atoms with van der Waals surface area (Å²) in [6.07, 6.45) is 6.68. The van der Waals surface area contributed by atoms with Crippen molar-refractivity contribution in [2.24, 2.45) is 0 Å². The van der Waals surface area contributed by atoms with Crippen LogP contribution in [0.25, 0.3) is 6.08 Å². The highest BCUT2D eigenvalue weighted by Crippen LogP contribution is 2.17. The molecule has 1 N–H and O–H groups in total. The van der Waals surface area contributed by atoms with Gasteiger partial charge in [-0.3, -0.25) is 0 Å². The quantitative estimate of drug-likeness (QED) is 0.819. The third-order valence-electron chi connectivity index (χ3n) is 1.73. The molecule has 0 saturated heterocycles. The number of rotatable bonds is 3. The molecule has 0 spiro atoms. The lowest BCUT2D eigenvalue weighted by Gasteiger charge is -2.05. The summed E-state index contributed by atoms with van der Waals surface area (Å²) in [6.45, 7) is 0. The third-order valence-corrected chi connectivity index (χ3v) is 2.49. The van der Waals surface area contributed by atoms with E-state index in [0.717, 1.165) is 5.56 Å². The van der Waals surface area contributed by atoms with E-state index in [-0.39, 0.29) is 0 Å². The first-order valence-electron chi connectivity index (χ1n) is 4.27. The van der Waals surface area contributed by atoms with Crippen LogP contribution < -0.4 is 0 Å². The maximum Gasteiger partial charge on any atom is 0.0963 e. The van der Waals surface area contributed by atoms with Crippen LogP contribution in [0.5, 0.6) is 0 Å². The molecular weight excluding hydrogens is 240 g/mol. The fourth-order valence-corrected chi connectivity index (χ4v) is 1.44. The predicted molar refractivity (Wildman–Crippen MR) is 62.8 cm³/mol. The van der Waals surface area contributed by atoms with Gasteiger partial charge in [0.1, 0.15) is 0 Å². The van der Waals surface area contributed by atoms with Crippen molar-refractivity contribution >= 4 is 22.0 Å². The largest absolute Gasteiger partial charge is 0.387 e.